The Kier molecular flexibility index (Phi) is 5.61. The highest BCUT2D eigenvalue weighted by atomic mass is 32.1. The Morgan fingerprint density at radius 2 is 2.10 bits per heavy atom. The molecule has 0 amide bonds. The van der Waals surface area contributed by atoms with Gasteiger partial charge in [0.05, 0.1) is 25.6 Å². The number of furan rings is 1. The summed E-state index contributed by atoms with van der Waals surface area (Å²) < 4.78 is 17.0. The molecule has 0 N–H and O–H groups in total. The molecule has 0 aliphatic rings. The molecular formula is C20H18N2O5S2. The van der Waals surface area contributed by atoms with Gasteiger partial charge in [0.2, 0.25) is 5.76 Å². The van der Waals surface area contributed by atoms with Crippen LogP contribution in [0.2, 0.25) is 0 Å². The summed E-state index contributed by atoms with van der Waals surface area (Å²) >= 11 is 3.04. The van der Waals surface area contributed by atoms with Gasteiger partial charge in [0.25, 0.3) is 5.56 Å². The highest BCUT2D eigenvalue weighted by molar-refractivity contribution is 7.18. The minimum atomic E-state index is -0.561. The smallest absolute Gasteiger partial charge is 0.373 e. The summed E-state index contributed by atoms with van der Waals surface area (Å²) in [6.45, 7) is 0.601. The summed E-state index contributed by atoms with van der Waals surface area (Å²) in [4.78, 5) is 31.6. The highest BCUT2D eigenvalue weighted by Gasteiger charge is 2.19. The summed E-state index contributed by atoms with van der Waals surface area (Å²) in [5.74, 6) is 0.618. The second kappa shape index (κ2) is 8.32. The van der Waals surface area contributed by atoms with Crippen LogP contribution in [0, 0.1) is 0 Å². The van der Waals surface area contributed by atoms with E-state index in [1.807, 2.05) is 22.9 Å². The van der Waals surface area contributed by atoms with E-state index in [1.54, 1.807) is 29.1 Å². The Labute approximate surface area is 174 Å². The largest absolute Gasteiger partial charge is 0.463 e. The molecular weight excluding hydrogens is 412 g/mol. The number of nitrogens with zero attached hydrogens (tertiary/aromatic N) is 2. The standard InChI is InChI=1S/C20H18N2O5S2/c1-25-8-7-16-21-18-17(13(11-29-18)15-4-3-9-28-15)19(23)22(16)10-12-5-6-14(27-12)20(24)26-2/h3-6,9,11H,7-8,10H2,1-2H3. The zero-order valence-corrected chi connectivity index (χ0v) is 17.5. The Bertz CT molecular complexity index is 1200. The topological polar surface area (TPSA) is 83.6 Å². The third-order valence-corrected chi connectivity index (χ3v) is 6.23. The van der Waals surface area contributed by atoms with E-state index in [0.29, 0.717) is 34.8 Å². The predicted octanol–water partition coefficient (Wildman–Crippen LogP) is 3.80. The number of ether oxygens (including phenoxy) is 2. The van der Waals surface area contributed by atoms with Crippen molar-refractivity contribution in [1.82, 2.24) is 9.55 Å². The van der Waals surface area contributed by atoms with Crippen molar-refractivity contribution < 1.29 is 18.7 Å². The number of esters is 1. The first-order valence-corrected chi connectivity index (χ1v) is 10.6. The lowest BCUT2D eigenvalue weighted by Crippen LogP contribution is -2.26. The van der Waals surface area contributed by atoms with Crippen LogP contribution in [0.5, 0.6) is 0 Å². The van der Waals surface area contributed by atoms with Crippen molar-refractivity contribution in [3.63, 3.8) is 0 Å². The Morgan fingerprint density at radius 3 is 2.83 bits per heavy atom. The fourth-order valence-electron chi connectivity index (χ4n) is 3.06. The molecule has 29 heavy (non-hydrogen) atoms. The molecule has 9 heteroatoms. The molecule has 0 saturated heterocycles. The molecule has 0 aliphatic carbocycles. The van der Waals surface area contributed by atoms with E-state index in [-0.39, 0.29) is 17.9 Å². The molecule has 0 saturated carbocycles. The first-order valence-electron chi connectivity index (χ1n) is 8.83. The van der Waals surface area contributed by atoms with E-state index in [1.165, 1.54) is 24.5 Å². The molecule has 0 spiro atoms. The maximum absolute atomic E-state index is 13.5. The van der Waals surface area contributed by atoms with Gasteiger partial charge in [-0.3, -0.25) is 9.36 Å². The zero-order chi connectivity index (χ0) is 20.4. The van der Waals surface area contributed by atoms with Gasteiger partial charge in [0, 0.05) is 29.4 Å². The van der Waals surface area contributed by atoms with Crippen molar-refractivity contribution in [2.75, 3.05) is 20.8 Å². The van der Waals surface area contributed by atoms with Crippen LogP contribution < -0.4 is 5.56 Å². The molecule has 0 unspecified atom stereocenters. The van der Waals surface area contributed by atoms with Gasteiger partial charge in [0.15, 0.2) is 0 Å². The Balaban J connectivity index is 1.82. The number of rotatable bonds is 7. The van der Waals surface area contributed by atoms with Crippen LogP contribution in [-0.2, 0) is 22.4 Å². The lowest BCUT2D eigenvalue weighted by molar-refractivity contribution is 0.0563. The van der Waals surface area contributed by atoms with Crippen LogP contribution >= 0.6 is 22.7 Å². The van der Waals surface area contributed by atoms with Crippen LogP contribution in [0.15, 0.2) is 44.2 Å². The quantitative estimate of drug-likeness (QED) is 0.415. The van der Waals surface area contributed by atoms with Gasteiger partial charge in [0.1, 0.15) is 16.4 Å². The van der Waals surface area contributed by atoms with Crippen LogP contribution in [0.3, 0.4) is 0 Å². The average molecular weight is 431 g/mol. The fourth-order valence-corrected chi connectivity index (χ4v) is 4.83. The molecule has 0 bridgehead atoms. The fraction of sp³-hybridized carbons (Fsp3) is 0.250. The van der Waals surface area contributed by atoms with Gasteiger partial charge in [-0.15, -0.1) is 22.7 Å². The summed E-state index contributed by atoms with van der Waals surface area (Å²) in [6.07, 6.45) is 0.485. The molecule has 4 aromatic rings. The van der Waals surface area contributed by atoms with E-state index in [4.69, 9.17) is 14.1 Å². The van der Waals surface area contributed by atoms with Crippen molar-refractivity contribution in [3.8, 4) is 10.4 Å². The summed E-state index contributed by atoms with van der Waals surface area (Å²) in [5, 5.41) is 4.55. The summed E-state index contributed by atoms with van der Waals surface area (Å²) in [5.41, 5.74) is 0.751. The normalized spacial score (nSPS) is 11.2. The van der Waals surface area contributed by atoms with E-state index in [9.17, 15) is 9.59 Å². The molecule has 0 aromatic carbocycles. The third-order valence-electron chi connectivity index (χ3n) is 4.45. The van der Waals surface area contributed by atoms with Crippen molar-refractivity contribution in [3.05, 3.63) is 62.7 Å². The lowest BCUT2D eigenvalue weighted by atomic mass is 10.2. The molecule has 150 valence electrons. The Morgan fingerprint density at radius 1 is 1.24 bits per heavy atom. The van der Waals surface area contributed by atoms with E-state index in [2.05, 4.69) is 4.74 Å². The van der Waals surface area contributed by atoms with E-state index >= 15 is 0 Å². The van der Waals surface area contributed by atoms with Gasteiger partial charge in [-0.25, -0.2) is 9.78 Å². The van der Waals surface area contributed by atoms with Gasteiger partial charge in [-0.2, -0.15) is 0 Å². The van der Waals surface area contributed by atoms with Gasteiger partial charge in [-0.05, 0) is 23.6 Å². The molecule has 4 rings (SSSR count). The SMILES string of the molecule is COCCc1nc2scc(-c3cccs3)c2c(=O)n1Cc1ccc(C(=O)OC)o1. The number of fused-ring (bicyclic) bond motifs is 1. The predicted molar refractivity (Wildman–Crippen MR) is 112 cm³/mol. The summed E-state index contributed by atoms with van der Waals surface area (Å²) in [6, 6.07) is 7.15. The third kappa shape index (κ3) is 3.76. The first-order chi connectivity index (χ1) is 14.1. The number of hydrogen-bond acceptors (Lipinski definition) is 8. The maximum Gasteiger partial charge on any atom is 0.373 e. The summed E-state index contributed by atoms with van der Waals surface area (Å²) in [7, 11) is 2.90. The second-order valence-corrected chi connectivity index (χ2v) is 8.03. The number of thiophene rings is 2. The van der Waals surface area contributed by atoms with E-state index < -0.39 is 5.97 Å². The molecule has 4 heterocycles. The Hall–Kier alpha value is -2.75. The number of methoxy groups -OCH3 is 2. The number of carbonyl (C=O) groups is 1. The van der Waals surface area contributed by atoms with Gasteiger partial charge < -0.3 is 13.9 Å². The monoisotopic (exact) mass is 430 g/mol. The second-order valence-electron chi connectivity index (χ2n) is 6.23. The molecule has 0 aliphatic heterocycles. The minimum Gasteiger partial charge on any atom is -0.463 e. The molecule has 4 aromatic heterocycles. The van der Waals surface area contributed by atoms with Crippen LogP contribution in [0.25, 0.3) is 20.7 Å². The number of hydrogen-bond donors (Lipinski definition) is 0. The maximum atomic E-state index is 13.5. The number of aromatic nitrogens is 2. The molecule has 7 nitrogen and oxygen atoms in total. The average Bonchev–Trinajstić information content (AvgIpc) is 3.48. The van der Waals surface area contributed by atoms with Crippen molar-refractivity contribution in [2.24, 2.45) is 0 Å². The van der Waals surface area contributed by atoms with Crippen molar-refractivity contribution in [2.45, 2.75) is 13.0 Å². The zero-order valence-electron chi connectivity index (χ0n) is 15.8. The van der Waals surface area contributed by atoms with E-state index in [0.717, 1.165) is 10.4 Å². The number of carbonyl (C=O) groups excluding carboxylic acids is 1. The van der Waals surface area contributed by atoms with Crippen LogP contribution in [-0.4, -0.2) is 36.3 Å². The van der Waals surface area contributed by atoms with Gasteiger partial charge in [-0.1, -0.05) is 6.07 Å². The highest BCUT2D eigenvalue weighted by Crippen LogP contribution is 2.33. The molecule has 0 radical (unpaired) electrons. The van der Waals surface area contributed by atoms with Crippen LogP contribution in [0.1, 0.15) is 22.1 Å². The lowest BCUT2D eigenvalue weighted by Gasteiger charge is -2.11. The van der Waals surface area contributed by atoms with Crippen molar-refractivity contribution >= 4 is 38.9 Å². The first kappa shape index (κ1) is 19.6. The van der Waals surface area contributed by atoms with Crippen LogP contribution in [0.4, 0.5) is 0 Å². The molecule has 0 atom stereocenters. The molecule has 0 fully saturated rings. The minimum absolute atomic E-state index is 0.0952. The van der Waals surface area contributed by atoms with Crippen molar-refractivity contribution in [1.29, 1.82) is 0 Å². The van der Waals surface area contributed by atoms with Gasteiger partial charge >= 0.3 is 5.97 Å².